The first-order chi connectivity index (χ1) is 13.1. The first-order valence-corrected chi connectivity index (χ1v) is 9.48. The Kier molecular flexibility index (Phi) is 5.04. The van der Waals surface area contributed by atoms with Crippen LogP contribution in [0.1, 0.15) is 28.8 Å². The number of aromatic nitrogens is 1. The van der Waals surface area contributed by atoms with Gasteiger partial charge in [0.05, 0.1) is 30.7 Å². The molecule has 2 fully saturated rings. The van der Waals surface area contributed by atoms with Crippen molar-refractivity contribution in [3.05, 3.63) is 52.8 Å². The van der Waals surface area contributed by atoms with E-state index >= 15 is 0 Å². The molecule has 7 heteroatoms. The lowest BCUT2D eigenvalue weighted by Crippen LogP contribution is -2.45. The summed E-state index contributed by atoms with van der Waals surface area (Å²) in [6, 6.07) is 7.32. The van der Waals surface area contributed by atoms with Crippen LogP contribution in [0.2, 0.25) is 5.02 Å². The Balaban J connectivity index is 1.46. The van der Waals surface area contributed by atoms with E-state index in [1.807, 2.05) is 25.1 Å². The number of nitrogens with zero attached hydrogens (tertiary/aromatic N) is 2. The SMILES string of the molecule is Cc1c(Cl)cccc1NC(=O)c1cncc(N2CCC3(CC2)OCCO3)c1. The van der Waals surface area contributed by atoms with Crippen LogP contribution in [0.3, 0.4) is 0 Å². The molecule has 1 aromatic heterocycles. The van der Waals surface area contributed by atoms with Crippen molar-refractivity contribution in [2.24, 2.45) is 0 Å². The number of rotatable bonds is 3. The average Bonchev–Trinajstić information content (AvgIpc) is 3.14. The number of anilines is 2. The van der Waals surface area contributed by atoms with Gasteiger partial charge in [-0.3, -0.25) is 9.78 Å². The Labute approximate surface area is 163 Å². The summed E-state index contributed by atoms with van der Waals surface area (Å²) < 4.78 is 11.6. The van der Waals surface area contributed by atoms with Gasteiger partial charge in [0, 0.05) is 42.8 Å². The molecular weight excluding hydrogens is 366 g/mol. The van der Waals surface area contributed by atoms with Crippen molar-refractivity contribution < 1.29 is 14.3 Å². The second-order valence-electron chi connectivity index (χ2n) is 6.89. The highest BCUT2D eigenvalue weighted by Gasteiger charge is 2.39. The standard InChI is InChI=1S/C20H22ClN3O3/c1-14-17(21)3-2-4-18(14)23-19(25)15-11-16(13-22-12-15)24-7-5-20(6-8-24)26-9-10-27-20/h2-4,11-13H,5-10H2,1H3,(H,23,25). The lowest BCUT2D eigenvalue weighted by Gasteiger charge is -2.38. The third-order valence-electron chi connectivity index (χ3n) is 5.21. The number of hydrogen-bond acceptors (Lipinski definition) is 5. The summed E-state index contributed by atoms with van der Waals surface area (Å²) >= 11 is 6.13. The van der Waals surface area contributed by atoms with Gasteiger partial charge in [0.25, 0.3) is 5.91 Å². The Hall–Kier alpha value is -2.15. The summed E-state index contributed by atoms with van der Waals surface area (Å²) in [5.41, 5.74) is 2.99. The first kappa shape index (κ1) is 18.2. The molecule has 2 saturated heterocycles. The number of amides is 1. The van der Waals surface area contributed by atoms with Gasteiger partial charge in [-0.1, -0.05) is 17.7 Å². The maximum absolute atomic E-state index is 12.7. The number of pyridine rings is 1. The van der Waals surface area contributed by atoms with E-state index in [-0.39, 0.29) is 5.91 Å². The summed E-state index contributed by atoms with van der Waals surface area (Å²) in [6.07, 6.45) is 4.99. The smallest absolute Gasteiger partial charge is 0.257 e. The van der Waals surface area contributed by atoms with E-state index in [1.54, 1.807) is 18.5 Å². The molecule has 0 saturated carbocycles. The van der Waals surface area contributed by atoms with Gasteiger partial charge in [0.1, 0.15) is 0 Å². The molecule has 0 aliphatic carbocycles. The van der Waals surface area contributed by atoms with Crippen LogP contribution in [0.4, 0.5) is 11.4 Å². The molecule has 1 N–H and O–H groups in total. The number of ether oxygens (including phenoxy) is 2. The van der Waals surface area contributed by atoms with Gasteiger partial charge >= 0.3 is 0 Å². The van der Waals surface area contributed by atoms with Gasteiger partial charge in [0.2, 0.25) is 0 Å². The third kappa shape index (κ3) is 3.78. The second kappa shape index (κ2) is 7.46. The monoisotopic (exact) mass is 387 g/mol. The van der Waals surface area contributed by atoms with Crippen molar-refractivity contribution in [3.63, 3.8) is 0 Å². The van der Waals surface area contributed by atoms with E-state index in [0.29, 0.717) is 29.5 Å². The highest BCUT2D eigenvalue weighted by atomic mass is 35.5. The van der Waals surface area contributed by atoms with Crippen molar-refractivity contribution in [1.82, 2.24) is 4.98 Å². The number of carbonyl (C=O) groups excluding carboxylic acids is 1. The number of halogens is 1. The predicted molar refractivity (Wildman–Crippen MR) is 104 cm³/mol. The van der Waals surface area contributed by atoms with Crippen molar-refractivity contribution in [2.75, 3.05) is 36.5 Å². The van der Waals surface area contributed by atoms with Crippen LogP contribution in [0.25, 0.3) is 0 Å². The normalized spacial score (nSPS) is 18.7. The molecule has 1 spiro atoms. The van der Waals surface area contributed by atoms with Crippen molar-refractivity contribution in [3.8, 4) is 0 Å². The maximum Gasteiger partial charge on any atom is 0.257 e. The van der Waals surface area contributed by atoms with Crippen LogP contribution in [-0.2, 0) is 9.47 Å². The second-order valence-corrected chi connectivity index (χ2v) is 7.30. The zero-order chi connectivity index (χ0) is 18.9. The van der Waals surface area contributed by atoms with Gasteiger partial charge in [-0.2, -0.15) is 0 Å². The fourth-order valence-corrected chi connectivity index (χ4v) is 3.73. The maximum atomic E-state index is 12.7. The molecule has 2 aromatic rings. The molecule has 4 rings (SSSR count). The molecule has 1 amide bonds. The Morgan fingerprint density at radius 2 is 1.96 bits per heavy atom. The number of carbonyl (C=O) groups is 1. The van der Waals surface area contributed by atoms with Gasteiger partial charge < -0.3 is 19.7 Å². The molecule has 0 atom stereocenters. The molecule has 3 heterocycles. The van der Waals surface area contributed by atoms with E-state index < -0.39 is 5.79 Å². The molecule has 2 aliphatic heterocycles. The zero-order valence-electron chi connectivity index (χ0n) is 15.2. The first-order valence-electron chi connectivity index (χ1n) is 9.11. The minimum Gasteiger partial charge on any atom is -0.370 e. The van der Waals surface area contributed by atoms with E-state index in [2.05, 4.69) is 15.2 Å². The molecule has 27 heavy (non-hydrogen) atoms. The summed E-state index contributed by atoms with van der Waals surface area (Å²) in [5, 5.41) is 3.54. The lowest BCUT2D eigenvalue weighted by molar-refractivity contribution is -0.169. The van der Waals surface area contributed by atoms with Crippen LogP contribution < -0.4 is 10.2 Å². The summed E-state index contributed by atoms with van der Waals surface area (Å²) in [7, 11) is 0. The Morgan fingerprint density at radius 1 is 1.22 bits per heavy atom. The lowest BCUT2D eigenvalue weighted by atomic mass is 10.0. The van der Waals surface area contributed by atoms with E-state index in [4.69, 9.17) is 21.1 Å². The third-order valence-corrected chi connectivity index (χ3v) is 5.62. The van der Waals surface area contributed by atoms with Crippen LogP contribution in [0.5, 0.6) is 0 Å². The minimum atomic E-state index is -0.414. The summed E-state index contributed by atoms with van der Waals surface area (Å²) in [5.74, 6) is -0.617. The molecule has 1 aromatic carbocycles. The Bertz CT molecular complexity index is 842. The molecule has 0 unspecified atom stereocenters. The topological polar surface area (TPSA) is 63.7 Å². The van der Waals surface area contributed by atoms with Gasteiger partial charge in [0.15, 0.2) is 5.79 Å². The Morgan fingerprint density at radius 3 is 2.70 bits per heavy atom. The van der Waals surface area contributed by atoms with Crippen molar-refractivity contribution >= 4 is 28.9 Å². The number of hydrogen-bond donors (Lipinski definition) is 1. The quantitative estimate of drug-likeness (QED) is 0.871. The average molecular weight is 388 g/mol. The predicted octanol–water partition coefficient (Wildman–Crippen LogP) is 3.64. The molecule has 0 radical (unpaired) electrons. The summed E-state index contributed by atoms with van der Waals surface area (Å²) in [4.78, 5) is 19.1. The number of benzene rings is 1. The van der Waals surface area contributed by atoms with E-state index in [1.165, 1.54) is 0 Å². The van der Waals surface area contributed by atoms with Crippen LogP contribution in [0.15, 0.2) is 36.7 Å². The van der Waals surface area contributed by atoms with Crippen LogP contribution in [0, 0.1) is 6.92 Å². The number of nitrogens with one attached hydrogen (secondary N) is 1. The van der Waals surface area contributed by atoms with Crippen LogP contribution >= 0.6 is 11.6 Å². The minimum absolute atomic E-state index is 0.203. The highest BCUT2D eigenvalue weighted by Crippen LogP contribution is 2.33. The summed E-state index contributed by atoms with van der Waals surface area (Å²) in [6.45, 7) is 4.82. The number of piperidine rings is 1. The van der Waals surface area contributed by atoms with Crippen LogP contribution in [-0.4, -0.2) is 43.0 Å². The van der Waals surface area contributed by atoms with Gasteiger partial charge in [-0.15, -0.1) is 0 Å². The molecule has 142 valence electrons. The fourth-order valence-electron chi connectivity index (χ4n) is 3.55. The van der Waals surface area contributed by atoms with E-state index in [9.17, 15) is 4.79 Å². The zero-order valence-corrected chi connectivity index (χ0v) is 16.0. The van der Waals surface area contributed by atoms with E-state index in [0.717, 1.165) is 37.2 Å². The van der Waals surface area contributed by atoms with Gasteiger partial charge in [-0.25, -0.2) is 0 Å². The molecule has 0 bridgehead atoms. The molecular formula is C20H22ClN3O3. The van der Waals surface area contributed by atoms with Gasteiger partial charge in [-0.05, 0) is 30.7 Å². The largest absolute Gasteiger partial charge is 0.370 e. The highest BCUT2D eigenvalue weighted by molar-refractivity contribution is 6.31. The fraction of sp³-hybridized carbons (Fsp3) is 0.400. The molecule has 6 nitrogen and oxygen atoms in total. The van der Waals surface area contributed by atoms with Crippen molar-refractivity contribution in [2.45, 2.75) is 25.6 Å². The van der Waals surface area contributed by atoms with Crippen molar-refractivity contribution in [1.29, 1.82) is 0 Å². The molecule has 2 aliphatic rings.